The van der Waals surface area contributed by atoms with E-state index in [4.69, 9.17) is 0 Å². The number of hydrogen-bond donors (Lipinski definition) is 0. The number of hydrogen-bond acceptors (Lipinski definition) is 3. The minimum atomic E-state index is -4.27. The molecule has 1 amide bonds. The number of rotatable bonds is 5. The molecule has 1 fully saturated rings. The molecule has 0 spiro atoms. The SMILES string of the molecule is CN(Cc1ccccn1)[C@H]1CCCN(C(=O)CCC(F)(F)F)CC1. The Kier molecular flexibility index (Phi) is 6.60. The molecule has 0 saturated carbocycles. The fourth-order valence-electron chi connectivity index (χ4n) is 3.05. The van der Waals surface area contributed by atoms with Crippen LogP contribution in [0.3, 0.4) is 0 Å². The van der Waals surface area contributed by atoms with Crippen LogP contribution in [0.4, 0.5) is 13.2 Å². The van der Waals surface area contributed by atoms with Gasteiger partial charge in [0.05, 0.1) is 12.1 Å². The number of nitrogens with zero attached hydrogens (tertiary/aromatic N) is 3. The van der Waals surface area contributed by atoms with Crippen molar-refractivity contribution in [3.05, 3.63) is 30.1 Å². The van der Waals surface area contributed by atoms with Crippen molar-refractivity contribution in [2.24, 2.45) is 0 Å². The van der Waals surface area contributed by atoms with Crippen molar-refractivity contribution in [1.82, 2.24) is 14.8 Å². The number of alkyl halides is 3. The highest BCUT2D eigenvalue weighted by atomic mass is 19.4. The van der Waals surface area contributed by atoms with E-state index in [1.165, 1.54) is 0 Å². The quantitative estimate of drug-likeness (QED) is 0.824. The third kappa shape index (κ3) is 6.11. The fourth-order valence-corrected chi connectivity index (χ4v) is 3.05. The van der Waals surface area contributed by atoms with Crippen molar-refractivity contribution in [2.45, 2.75) is 50.9 Å². The molecule has 0 unspecified atom stereocenters. The third-order valence-corrected chi connectivity index (χ3v) is 4.43. The van der Waals surface area contributed by atoms with Gasteiger partial charge in [-0.25, -0.2) is 0 Å². The predicted molar refractivity (Wildman–Crippen MR) is 85.2 cm³/mol. The Morgan fingerprint density at radius 2 is 2.12 bits per heavy atom. The number of likely N-dealkylation sites (tertiary alicyclic amines) is 1. The van der Waals surface area contributed by atoms with Gasteiger partial charge in [-0.2, -0.15) is 13.2 Å². The van der Waals surface area contributed by atoms with E-state index < -0.39 is 19.0 Å². The summed E-state index contributed by atoms with van der Waals surface area (Å²) in [7, 11) is 2.03. The van der Waals surface area contributed by atoms with Crippen molar-refractivity contribution >= 4 is 5.91 Å². The van der Waals surface area contributed by atoms with Gasteiger partial charge in [-0.15, -0.1) is 0 Å². The Labute approximate surface area is 140 Å². The van der Waals surface area contributed by atoms with Crippen LogP contribution < -0.4 is 0 Å². The van der Waals surface area contributed by atoms with Gasteiger partial charge in [-0.1, -0.05) is 6.07 Å². The Morgan fingerprint density at radius 3 is 2.79 bits per heavy atom. The van der Waals surface area contributed by atoms with E-state index in [1.54, 1.807) is 11.1 Å². The van der Waals surface area contributed by atoms with Gasteiger partial charge >= 0.3 is 6.18 Å². The second-order valence-electron chi connectivity index (χ2n) is 6.32. The summed E-state index contributed by atoms with van der Waals surface area (Å²) in [6, 6.07) is 6.11. The summed E-state index contributed by atoms with van der Waals surface area (Å²) in [6.45, 7) is 1.80. The number of amides is 1. The molecule has 2 rings (SSSR count). The highest BCUT2D eigenvalue weighted by Gasteiger charge is 2.30. The van der Waals surface area contributed by atoms with E-state index in [1.807, 2.05) is 25.2 Å². The molecular formula is C17H24F3N3O. The van der Waals surface area contributed by atoms with Crippen molar-refractivity contribution in [3.63, 3.8) is 0 Å². The first-order chi connectivity index (χ1) is 11.3. The zero-order valence-electron chi connectivity index (χ0n) is 13.9. The molecule has 1 saturated heterocycles. The van der Waals surface area contributed by atoms with Gasteiger partial charge < -0.3 is 4.90 Å². The second kappa shape index (κ2) is 8.46. The normalized spacial score (nSPS) is 19.4. The van der Waals surface area contributed by atoms with Gasteiger partial charge in [0.2, 0.25) is 5.91 Å². The van der Waals surface area contributed by atoms with Gasteiger partial charge in [0, 0.05) is 38.3 Å². The Bertz CT molecular complexity index is 522. The van der Waals surface area contributed by atoms with Crippen molar-refractivity contribution in [3.8, 4) is 0 Å². The monoisotopic (exact) mass is 343 g/mol. The van der Waals surface area contributed by atoms with E-state index in [2.05, 4.69) is 9.88 Å². The molecule has 0 aliphatic carbocycles. The second-order valence-corrected chi connectivity index (χ2v) is 6.32. The van der Waals surface area contributed by atoms with Gasteiger partial charge in [-0.3, -0.25) is 14.7 Å². The van der Waals surface area contributed by atoms with E-state index in [0.717, 1.165) is 31.5 Å². The molecule has 0 aromatic carbocycles. The third-order valence-electron chi connectivity index (χ3n) is 4.43. The average molecular weight is 343 g/mol. The van der Waals surface area contributed by atoms with E-state index in [9.17, 15) is 18.0 Å². The number of halogens is 3. The molecule has 7 heteroatoms. The number of aromatic nitrogens is 1. The molecule has 1 aromatic heterocycles. The highest BCUT2D eigenvalue weighted by molar-refractivity contribution is 5.76. The Morgan fingerprint density at radius 1 is 1.33 bits per heavy atom. The lowest BCUT2D eigenvalue weighted by Crippen LogP contribution is -2.35. The van der Waals surface area contributed by atoms with E-state index >= 15 is 0 Å². The van der Waals surface area contributed by atoms with Crippen LogP contribution in [-0.4, -0.2) is 53.0 Å². The molecular weight excluding hydrogens is 319 g/mol. The van der Waals surface area contributed by atoms with E-state index in [-0.39, 0.29) is 5.91 Å². The smallest absolute Gasteiger partial charge is 0.343 e. The molecule has 0 bridgehead atoms. The first-order valence-electron chi connectivity index (χ1n) is 8.30. The standard InChI is InChI=1S/C17H24F3N3O/c1-22(13-14-5-2-3-10-21-14)15-6-4-11-23(12-8-15)16(24)7-9-17(18,19)20/h2-3,5,10,15H,4,6-9,11-13H2,1H3/t15-/m0/s1. The molecule has 24 heavy (non-hydrogen) atoms. The molecule has 0 N–H and O–H groups in total. The van der Waals surface area contributed by atoms with E-state index in [0.29, 0.717) is 19.1 Å². The molecule has 1 atom stereocenters. The summed E-state index contributed by atoms with van der Waals surface area (Å²) in [5, 5.41) is 0. The van der Waals surface area contributed by atoms with Crippen LogP contribution in [0.25, 0.3) is 0 Å². The largest absolute Gasteiger partial charge is 0.389 e. The maximum absolute atomic E-state index is 12.3. The lowest BCUT2D eigenvalue weighted by atomic mass is 10.1. The Hall–Kier alpha value is -1.63. The van der Waals surface area contributed by atoms with Gasteiger partial charge in [0.15, 0.2) is 0 Å². The molecule has 134 valence electrons. The van der Waals surface area contributed by atoms with Gasteiger partial charge in [-0.05, 0) is 38.4 Å². The summed E-state index contributed by atoms with van der Waals surface area (Å²) in [6.07, 6.45) is -1.46. The predicted octanol–water partition coefficient (Wildman–Crippen LogP) is 3.24. The number of carbonyl (C=O) groups excluding carboxylic acids is 1. The van der Waals surface area contributed by atoms with Crippen LogP contribution >= 0.6 is 0 Å². The lowest BCUT2D eigenvalue weighted by Gasteiger charge is -2.27. The molecule has 1 aliphatic heterocycles. The van der Waals surface area contributed by atoms with Gasteiger partial charge in [0.25, 0.3) is 0 Å². The summed E-state index contributed by atoms with van der Waals surface area (Å²) in [5.74, 6) is -0.389. The van der Waals surface area contributed by atoms with Crippen molar-refractivity contribution in [1.29, 1.82) is 0 Å². The van der Waals surface area contributed by atoms with Crippen molar-refractivity contribution < 1.29 is 18.0 Å². The molecule has 1 aromatic rings. The summed E-state index contributed by atoms with van der Waals surface area (Å²) in [5.41, 5.74) is 0.988. The van der Waals surface area contributed by atoms with Gasteiger partial charge in [0.1, 0.15) is 0 Å². The lowest BCUT2D eigenvalue weighted by molar-refractivity contribution is -0.149. The van der Waals surface area contributed by atoms with Crippen LogP contribution in [0.5, 0.6) is 0 Å². The number of pyridine rings is 1. The van der Waals surface area contributed by atoms with Crippen molar-refractivity contribution in [2.75, 3.05) is 20.1 Å². The minimum Gasteiger partial charge on any atom is -0.343 e. The molecule has 2 heterocycles. The van der Waals surface area contributed by atoms with Crippen LogP contribution in [0.15, 0.2) is 24.4 Å². The zero-order chi connectivity index (χ0) is 17.6. The van der Waals surface area contributed by atoms with Crippen LogP contribution in [0.1, 0.15) is 37.8 Å². The maximum atomic E-state index is 12.3. The molecule has 0 radical (unpaired) electrons. The number of carbonyl (C=O) groups is 1. The molecule has 4 nitrogen and oxygen atoms in total. The topological polar surface area (TPSA) is 36.4 Å². The van der Waals surface area contributed by atoms with Crippen LogP contribution in [-0.2, 0) is 11.3 Å². The minimum absolute atomic E-state index is 0.312. The molecule has 1 aliphatic rings. The highest BCUT2D eigenvalue weighted by Crippen LogP contribution is 2.23. The zero-order valence-corrected chi connectivity index (χ0v) is 13.9. The van der Waals surface area contributed by atoms with Crippen LogP contribution in [0.2, 0.25) is 0 Å². The summed E-state index contributed by atoms with van der Waals surface area (Å²) < 4.78 is 36.8. The first kappa shape index (κ1) is 18.7. The summed E-state index contributed by atoms with van der Waals surface area (Å²) >= 11 is 0. The summed E-state index contributed by atoms with van der Waals surface area (Å²) in [4.78, 5) is 20.1. The average Bonchev–Trinajstić information content (AvgIpc) is 2.79. The fraction of sp³-hybridized carbons (Fsp3) is 0.647. The Balaban J connectivity index is 1.82. The first-order valence-corrected chi connectivity index (χ1v) is 8.30. The maximum Gasteiger partial charge on any atom is 0.389 e. The van der Waals surface area contributed by atoms with Crippen LogP contribution in [0, 0.1) is 0 Å².